The molecule has 1 fully saturated rings. The smallest absolute Gasteiger partial charge is 0.203 e. The average molecular weight is 257 g/mol. The maximum atomic E-state index is 5.72. The van der Waals surface area contributed by atoms with E-state index in [0.717, 1.165) is 23.9 Å². The summed E-state index contributed by atoms with van der Waals surface area (Å²) in [6.45, 7) is 3.48. The largest absolute Gasteiger partial charge is 0.492 e. The number of anilines is 1. The Kier molecular flexibility index (Phi) is 3.40. The van der Waals surface area contributed by atoms with E-state index in [-0.39, 0.29) is 0 Å². The minimum atomic E-state index is 0.621. The van der Waals surface area contributed by atoms with Gasteiger partial charge in [0.05, 0.1) is 12.2 Å². The maximum absolute atomic E-state index is 5.72. The lowest BCUT2D eigenvalue weighted by molar-refractivity contribution is 0.299. The summed E-state index contributed by atoms with van der Waals surface area (Å²) in [5, 5.41) is 3.45. The molecule has 0 amide bonds. The number of benzene rings is 1. The van der Waals surface area contributed by atoms with E-state index < -0.39 is 0 Å². The van der Waals surface area contributed by atoms with Crippen LogP contribution in [0.4, 0.5) is 5.95 Å². The lowest BCUT2D eigenvalue weighted by Crippen LogP contribution is -2.13. The number of aryl methyl sites for hydroxylation is 1. The molecule has 0 spiro atoms. The SMILES string of the molecule is Cc1cn(CCOc2ccccc2)c(NC2CC2)n1. The number of rotatable bonds is 6. The molecule has 19 heavy (non-hydrogen) atoms. The van der Waals surface area contributed by atoms with Crippen LogP contribution in [-0.4, -0.2) is 22.2 Å². The molecule has 100 valence electrons. The van der Waals surface area contributed by atoms with Gasteiger partial charge in [0, 0.05) is 12.2 Å². The van der Waals surface area contributed by atoms with Crippen molar-refractivity contribution in [2.24, 2.45) is 0 Å². The van der Waals surface area contributed by atoms with Gasteiger partial charge in [-0.25, -0.2) is 4.98 Å². The predicted octanol–water partition coefficient (Wildman–Crippen LogP) is 2.84. The summed E-state index contributed by atoms with van der Waals surface area (Å²) in [5.74, 6) is 1.88. The number of hydrogen-bond acceptors (Lipinski definition) is 3. The number of imidazole rings is 1. The highest BCUT2D eigenvalue weighted by atomic mass is 16.5. The molecule has 1 heterocycles. The minimum absolute atomic E-state index is 0.621. The van der Waals surface area contributed by atoms with Crippen molar-refractivity contribution < 1.29 is 4.74 Å². The number of nitrogens with zero attached hydrogens (tertiary/aromatic N) is 2. The van der Waals surface area contributed by atoms with Gasteiger partial charge in [-0.3, -0.25) is 0 Å². The molecule has 0 saturated heterocycles. The van der Waals surface area contributed by atoms with Crippen LogP contribution in [-0.2, 0) is 6.54 Å². The van der Waals surface area contributed by atoms with Gasteiger partial charge in [0.2, 0.25) is 5.95 Å². The molecule has 1 aromatic heterocycles. The second-order valence-corrected chi connectivity index (χ2v) is 4.98. The number of nitrogens with one attached hydrogen (secondary N) is 1. The van der Waals surface area contributed by atoms with Gasteiger partial charge in [0.15, 0.2) is 0 Å². The summed E-state index contributed by atoms with van der Waals surface area (Å²) in [7, 11) is 0. The van der Waals surface area contributed by atoms with Gasteiger partial charge in [0.25, 0.3) is 0 Å². The molecule has 0 unspecified atom stereocenters. The first-order valence-corrected chi connectivity index (χ1v) is 6.79. The molecule has 0 atom stereocenters. The van der Waals surface area contributed by atoms with Crippen LogP contribution in [0.1, 0.15) is 18.5 Å². The number of para-hydroxylation sites is 1. The first-order valence-electron chi connectivity index (χ1n) is 6.79. The summed E-state index contributed by atoms with van der Waals surface area (Å²) < 4.78 is 7.85. The zero-order valence-corrected chi connectivity index (χ0v) is 11.2. The third-order valence-corrected chi connectivity index (χ3v) is 3.15. The van der Waals surface area contributed by atoms with Crippen LogP contribution < -0.4 is 10.1 Å². The Hall–Kier alpha value is -1.97. The Morgan fingerprint density at radius 2 is 2.11 bits per heavy atom. The fraction of sp³-hybridized carbons (Fsp3) is 0.400. The molecule has 0 aliphatic heterocycles. The van der Waals surface area contributed by atoms with Crippen molar-refractivity contribution in [3.05, 3.63) is 42.2 Å². The van der Waals surface area contributed by atoms with Gasteiger partial charge in [-0.05, 0) is 31.9 Å². The zero-order valence-electron chi connectivity index (χ0n) is 11.2. The van der Waals surface area contributed by atoms with Crippen molar-refractivity contribution in [2.75, 3.05) is 11.9 Å². The van der Waals surface area contributed by atoms with Gasteiger partial charge < -0.3 is 14.6 Å². The monoisotopic (exact) mass is 257 g/mol. The lowest BCUT2D eigenvalue weighted by Gasteiger charge is -2.10. The number of hydrogen-bond donors (Lipinski definition) is 1. The highest BCUT2D eigenvalue weighted by Crippen LogP contribution is 2.24. The van der Waals surface area contributed by atoms with Crippen LogP contribution in [0.25, 0.3) is 0 Å². The second kappa shape index (κ2) is 5.34. The van der Waals surface area contributed by atoms with Gasteiger partial charge in [-0.1, -0.05) is 18.2 Å². The molecule has 1 N–H and O–H groups in total. The summed E-state index contributed by atoms with van der Waals surface area (Å²) in [5.41, 5.74) is 1.04. The van der Waals surface area contributed by atoms with Crippen molar-refractivity contribution in [1.82, 2.24) is 9.55 Å². The quantitative estimate of drug-likeness (QED) is 0.865. The highest BCUT2D eigenvalue weighted by molar-refractivity contribution is 5.32. The molecular formula is C15H19N3O. The summed E-state index contributed by atoms with van der Waals surface area (Å²) in [6.07, 6.45) is 4.58. The normalized spacial score (nSPS) is 14.4. The van der Waals surface area contributed by atoms with Gasteiger partial charge in [-0.15, -0.1) is 0 Å². The van der Waals surface area contributed by atoms with E-state index in [2.05, 4.69) is 21.1 Å². The standard InChI is InChI=1S/C15H19N3O/c1-12-11-18(15(16-12)17-13-7-8-13)9-10-19-14-5-3-2-4-6-14/h2-6,11,13H,7-10H2,1H3,(H,16,17). The third kappa shape index (κ3) is 3.28. The summed E-state index contributed by atoms with van der Waals surface area (Å²) >= 11 is 0. The Morgan fingerprint density at radius 3 is 2.84 bits per heavy atom. The first-order chi connectivity index (χ1) is 9.31. The Morgan fingerprint density at radius 1 is 1.32 bits per heavy atom. The van der Waals surface area contributed by atoms with E-state index in [0.29, 0.717) is 12.6 Å². The van der Waals surface area contributed by atoms with Crippen LogP contribution in [0.5, 0.6) is 5.75 Å². The second-order valence-electron chi connectivity index (χ2n) is 4.98. The van der Waals surface area contributed by atoms with Crippen molar-refractivity contribution in [2.45, 2.75) is 32.4 Å². The van der Waals surface area contributed by atoms with Crippen LogP contribution in [0.15, 0.2) is 36.5 Å². The highest BCUT2D eigenvalue weighted by Gasteiger charge is 2.22. The molecule has 1 aliphatic carbocycles. The van der Waals surface area contributed by atoms with Gasteiger partial charge >= 0.3 is 0 Å². The van der Waals surface area contributed by atoms with Gasteiger partial charge in [0.1, 0.15) is 12.4 Å². The van der Waals surface area contributed by atoms with E-state index in [1.807, 2.05) is 37.3 Å². The summed E-state index contributed by atoms with van der Waals surface area (Å²) in [6, 6.07) is 10.5. The Bertz CT molecular complexity index is 532. The number of ether oxygens (including phenoxy) is 1. The van der Waals surface area contributed by atoms with Crippen LogP contribution in [0.3, 0.4) is 0 Å². The Balaban J connectivity index is 1.57. The molecule has 1 aliphatic rings. The van der Waals surface area contributed by atoms with E-state index >= 15 is 0 Å². The minimum Gasteiger partial charge on any atom is -0.492 e. The number of aromatic nitrogens is 2. The lowest BCUT2D eigenvalue weighted by atomic mass is 10.3. The zero-order chi connectivity index (χ0) is 13.1. The maximum Gasteiger partial charge on any atom is 0.203 e. The van der Waals surface area contributed by atoms with E-state index in [9.17, 15) is 0 Å². The molecule has 0 radical (unpaired) electrons. The fourth-order valence-corrected chi connectivity index (χ4v) is 2.02. The van der Waals surface area contributed by atoms with Crippen LogP contribution in [0, 0.1) is 6.92 Å². The van der Waals surface area contributed by atoms with Crippen molar-refractivity contribution in [3.63, 3.8) is 0 Å². The predicted molar refractivity (Wildman–Crippen MR) is 75.5 cm³/mol. The van der Waals surface area contributed by atoms with Crippen molar-refractivity contribution in [1.29, 1.82) is 0 Å². The van der Waals surface area contributed by atoms with Crippen molar-refractivity contribution in [3.8, 4) is 5.75 Å². The van der Waals surface area contributed by atoms with Crippen molar-refractivity contribution >= 4 is 5.95 Å². The van der Waals surface area contributed by atoms with Crippen LogP contribution >= 0.6 is 0 Å². The van der Waals surface area contributed by atoms with E-state index in [4.69, 9.17) is 4.74 Å². The topological polar surface area (TPSA) is 39.1 Å². The molecule has 2 aromatic rings. The molecule has 1 aromatic carbocycles. The van der Waals surface area contributed by atoms with E-state index in [1.165, 1.54) is 12.8 Å². The molecule has 3 rings (SSSR count). The Labute approximate surface area is 113 Å². The summed E-state index contributed by atoms with van der Waals surface area (Å²) in [4.78, 5) is 4.51. The molecule has 0 bridgehead atoms. The fourth-order valence-electron chi connectivity index (χ4n) is 2.02. The molecular weight excluding hydrogens is 238 g/mol. The van der Waals surface area contributed by atoms with Crippen LogP contribution in [0.2, 0.25) is 0 Å². The molecule has 1 saturated carbocycles. The first kappa shape index (κ1) is 12.1. The molecule has 4 heteroatoms. The van der Waals surface area contributed by atoms with E-state index in [1.54, 1.807) is 0 Å². The third-order valence-electron chi connectivity index (χ3n) is 3.15. The molecule has 4 nitrogen and oxygen atoms in total. The average Bonchev–Trinajstić information content (AvgIpc) is 3.15. The van der Waals surface area contributed by atoms with Gasteiger partial charge in [-0.2, -0.15) is 0 Å².